The van der Waals surface area contributed by atoms with E-state index in [2.05, 4.69) is 95.1 Å². The fraction of sp³-hybridized carbons (Fsp3) is 0.333. The van der Waals surface area contributed by atoms with Crippen molar-refractivity contribution >= 4 is 0 Å². The summed E-state index contributed by atoms with van der Waals surface area (Å²) in [5.74, 6) is 0. The van der Waals surface area contributed by atoms with Gasteiger partial charge in [0.05, 0.1) is 18.2 Å². The number of ether oxygens (including phenoxy) is 1. The molecule has 2 aliphatic heterocycles. The summed E-state index contributed by atoms with van der Waals surface area (Å²) >= 11 is 0. The Hall–Kier alpha value is -2.46. The van der Waals surface area contributed by atoms with E-state index in [1.54, 1.807) is 0 Å². The fourth-order valence-electron chi connectivity index (χ4n) is 5.02. The van der Waals surface area contributed by atoms with Crippen molar-refractivity contribution in [3.63, 3.8) is 0 Å². The predicted molar refractivity (Wildman–Crippen MR) is 121 cm³/mol. The van der Waals surface area contributed by atoms with Gasteiger partial charge in [-0.05, 0) is 35.1 Å². The van der Waals surface area contributed by atoms with Crippen LogP contribution in [0.3, 0.4) is 0 Å². The van der Waals surface area contributed by atoms with Crippen LogP contribution in [0, 0.1) is 0 Å². The first-order chi connectivity index (χ1) is 14.8. The zero-order valence-corrected chi connectivity index (χ0v) is 17.5. The molecule has 0 radical (unpaired) electrons. The lowest BCUT2D eigenvalue weighted by molar-refractivity contribution is -0.0785. The van der Waals surface area contributed by atoms with Gasteiger partial charge in [-0.15, -0.1) is 0 Å². The molecule has 154 valence electrons. The lowest BCUT2D eigenvalue weighted by Crippen LogP contribution is -2.44. The van der Waals surface area contributed by atoms with Gasteiger partial charge in [-0.1, -0.05) is 84.9 Å². The minimum Gasteiger partial charge on any atom is -0.365 e. The third kappa shape index (κ3) is 3.93. The average molecular weight is 399 g/mol. The Labute approximate surface area is 179 Å². The first-order valence-corrected chi connectivity index (χ1v) is 11.1. The molecule has 30 heavy (non-hydrogen) atoms. The van der Waals surface area contributed by atoms with Crippen molar-refractivity contribution in [1.82, 2.24) is 10.2 Å². The molecule has 1 fully saturated rings. The third-order valence-corrected chi connectivity index (χ3v) is 6.72. The van der Waals surface area contributed by atoms with Gasteiger partial charge in [-0.3, -0.25) is 0 Å². The normalized spacial score (nSPS) is 18.0. The number of likely N-dealkylation sites (tertiary alicyclic amines) is 1. The van der Waals surface area contributed by atoms with Crippen LogP contribution in [0.5, 0.6) is 0 Å². The lowest BCUT2D eigenvalue weighted by Gasteiger charge is -2.39. The van der Waals surface area contributed by atoms with Crippen molar-refractivity contribution in [3.8, 4) is 0 Å². The van der Waals surface area contributed by atoms with Crippen LogP contribution in [0.1, 0.15) is 41.1 Å². The Balaban J connectivity index is 1.19. The number of rotatable bonds is 6. The molecular formula is C27H30N2O. The van der Waals surface area contributed by atoms with Crippen LogP contribution in [0.4, 0.5) is 0 Å². The summed E-state index contributed by atoms with van der Waals surface area (Å²) in [4.78, 5) is 2.58. The van der Waals surface area contributed by atoms with Crippen LogP contribution in [0.25, 0.3) is 0 Å². The summed E-state index contributed by atoms with van der Waals surface area (Å²) in [6.45, 7) is 5.00. The maximum Gasteiger partial charge on any atom is 0.0963 e. The van der Waals surface area contributed by atoms with Crippen LogP contribution in [-0.4, -0.2) is 31.1 Å². The predicted octanol–water partition coefficient (Wildman–Crippen LogP) is 4.89. The Morgan fingerprint density at radius 1 is 0.800 bits per heavy atom. The summed E-state index contributed by atoms with van der Waals surface area (Å²) in [5.41, 5.74) is 5.39. The lowest BCUT2D eigenvalue weighted by atomic mass is 9.84. The molecule has 1 N–H and O–H groups in total. The number of fused-ring (bicyclic) bond motifs is 2. The fourth-order valence-corrected chi connectivity index (χ4v) is 5.02. The molecule has 0 aromatic heterocycles. The summed E-state index contributed by atoms with van der Waals surface area (Å²) in [6, 6.07) is 30.5. The van der Waals surface area contributed by atoms with Crippen LogP contribution in [0.15, 0.2) is 84.9 Å². The minimum atomic E-state index is -0.0445. The summed E-state index contributed by atoms with van der Waals surface area (Å²) in [6.07, 6.45) is 2.18. The van der Waals surface area contributed by atoms with Gasteiger partial charge in [-0.2, -0.15) is 0 Å². The zero-order valence-electron chi connectivity index (χ0n) is 17.5. The molecule has 5 rings (SSSR count). The third-order valence-electron chi connectivity index (χ3n) is 6.72. The quantitative estimate of drug-likeness (QED) is 0.640. The maximum absolute atomic E-state index is 6.32. The second-order valence-corrected chi connectivity index (χ2v) is 8.49. The average Bonchev–Trinajstić information content (AvgIpc) is 3.17. The van der Waals surface area contributed by atoms with E-state index in [4.69, 9.17) is 4.74 Å². The van der Waals surface area contributed by atoms with E-state index in [-0.39, 0.29) is 11.6 Å². The number of nitrogens with zero attached hydrogens (tertiary/aromatic N) is 1. The highest BCUT2D eigenvalue weighted by molar-refractivity contribution is 5.36. The molecule has 0 saturated carbocycles. The highest BCUT2D eigenvalue weighted by atomic mass is 16.5. The molecule has 2 aliphatic rings. The van der Waals surface area contributed by atoms with Gasteiger partial charge in [0.2, 0.25) is 0 Å². The molecule has 3 aromatic carbocycles. The molecule has 0 aliphatic carbocycles. The monoisotopic (exact) mass is 398 g/mol. The zero-order chi connectivity index (χ0) is 20.2. The first kappa shape index (κ1) is 19.5. The molecule has 3 heteroatoms. The van der Waals surface area contributed by atoms with E-state index in [1.165, 1.54) is 22.3 Å². The van der Waals surface area contributed by atoms with Crippen LogP contribution in [-0.2, 0) is 16.9 Å². The molecule has 0 amide bonds. The van der Waals surface area contributed by atoms with Crippen molar-refractivity contribution < 1.29 is 4.74 Å². The number of nitrogens with one attached hydrogen (secondary N) is 1. The Bertz CT molecular complexity index is 909. The molecule has 1 spiro atoms. The van der Waals surface area contributed by atoms with Gasteiger partial charge in [0, 0.05) is 26.2 Å². The van der Waals surface area contributed by atoms with Crippen LogP contribution in [0.2, 0.25) is 0 Å². The van der Waals surface area contributed by atoms with Crippen molar-refractivity contribution in [1.29, 1.82) is 0 Å². The van der Waals surface area contributed by atoms with Crippen LogP contribution >= 0.6 is 0 Å². The topological polar surface area (TPSA) is 24.5 Å². The van der Waals surface area contributed by atoms with Gasteiger partial charge in [0.25, 0.3) is 0 Å². The van der Waals surface area contributed by atoms with Gasteiger partial charge in [0.1, 0.15) is 0 Å². The summed E-state index contributed by atoms with van der Waals surface area (Å²) in [7, 11) is 0. The smallest absolute Gasteiger partial charge is 0.0963 e. The van der Waals surface area contributed by atoms with Crippen molar-refractivity contribution in [2.24, 2.45) is 0 Å². The number of hydrogen-bond acceptors (Lipinski definition) is 3. The molecule has 3 nitrogen and oxygen atoms in total. The van der Waals surface area contributed by atoms with Crippen LogP contribution < -0.4 is 5.32 Å². The SMILES string of the molecule is c1ccc(C(NCCN2CCC3(CC2)OCc2ccccc23)c2ccccc2)cc1. The highest BCUT2D eigenvalue weighted by Crippen LogP contribution is 2.43. The standard InChI is InChI=1S/C27H30N2O/c1-3-9-22(10-4-1)26(23-11-5-2-6-12-23)28-17-20-29-18-15-27(16-19-29)25-14-8-7-13-24(25)21-30-27/h1-14,26,28H,15-21H2. The molecular weight excluding hydrogens is 368 g/mol. The van der Waals surface area contributed by atoms with Crippen molar-refractivity contribution in [2.45, 2.75) is 31.1 Å². The Morgan fingerprint density at radius 2 is 1.40 bits per heavy atom. The van der Waals surface area contributed by atoms with E-state index in [1.807, 2.05) is 0 Å². The largest absolute Gasteiger partial charge is 0.365 e. The van der Waals surface area contributed by atoms with Gasteiger partial charge in [0.15, 0.2) is 0 Å². The molecule has 0 unspecified atom stereocenters. The van der Waals surface area contributed by atoms with Crippen molar-refractivity contribution in [3.05, 3.63) is 107 Å². The molecule has 1 saturated heterocycles. The van der Waals surface area contributed by atoms with E-state index < -0.39 is 0 Å². The molecule has 0 bridgehead atoms. The van der Waals surface area contributed by atoms with Gasteiger partial charge >= 0.3 is 0 Å². The van der Waals surface area contributed by atoms with Gasteiger partial charge < -0.3 is 15.0 Å². The van der Waals surface area contributed by atoms with Crippen molar-refractivity contribution in [2.75, 3.05) is 26.2 Å². The van der Waals surface area contributed by atoms with E-state index in [9.17, 15) is 0 Å². The first-order valence-electron chi connectivity index (χ1n) is 11.1. The summed E-state index contributed by atoms with van der Waals surface area (Å²) in [5, 5.41) is 3.80. The van der Waals surface area contributed by atoms with E-state index in [0.29, 0.717) is 0 Å². The molecule has 0 atom stereocenters. The van der Waals surface area contributed by atoms with Gasteiger partial charge in [-0.25, -0.2) is 0 Å². The molecule has 3 aromatic rings. The highest BCUT2D eigenvalue weighted by Gasteiger charge is 2.42. The molecule has 2 heterocycles. The minimum absolute atomic E-state index is 0.0445. The second kappa shape index (κ2) is 8.73. The summed E-state index contributed by atoms with van der Waals surface area (Å²) < 4.78 is 6.32. The number of piperidine rings is 1. The Kier molecular flexibility index (Phi) is 5.67. The van der Waals surface area contributed by atoms with E-state index >= 15 is 0 Å². The second-order valence-electron chi connectivity index (χ2n) is 8.49. The Morgan fingerprint density at radius 3 is 2.07 bits per heavy atom. The number of hydrogen-bond donors (Lipinski definition) is 1. The van der Waals surface area contributed by atoms with E-state index in [0.717, 1.165) is 45.6 Å². The number of benzene rings is 3. The maximum atomic E-state index is 6.32.